The smallest absolute Gasteiger partial charge is 0.409 e. The van der Waals surface area contributed by atoms with Crippen LogP contribution in [-0.4, -0.2) is 23.4 Å². The van der Waals surface area contributed by atoms with E-state index in [1.165, 1.54) is 17.4 Å². The van der Waals surface area contributed by atoms with Crippen LogP contribution in [-0.2, 0) is 4.79 Å². The molecule has 0 bridgehead atoms. The van der Waals surface area contributed by atoms with E-state index in [0.717, 1.165) is 12.1 Å². The number of phenols is 1. The number of anilines is 1. The Hall–Kier alpha value is -1.93. The molecule has 0 atom stereocenters. The molecular formula is C10H7F6NO2. The molecule has 0 saturated heterocycles. The molecule has 1 aromatic rings. The minimum Gasteiger partial charge on any atom is -0.506 e. The molecule has 1 aromatic carbocycles. The van der Waals surface area contributed by atoms with Crippen LogP contribution in [0, 0.1) is 5.92 Å². The van der Waals surface area contributed by atoms with E-state index in [4.69, 9.17) is 5.11 Å². The summed E-state index contributed by atoms with van der Waals surface area (Å²) in [6.07, 6.45) is -11.5. The van der Waals surface area contributed by atoms with Gasteiger partial charge in [0.05, 0.1) is 5.69 Å². The van der Waals surface area contributed by atoms with Crippen LogP contribution in [0.2, 0.25) is 0 Å². The van der Waals surface area contributed by atoms with Crippen molar-refractivity contribution in [2.24, 2.45) is 5.92 Å². The molecule has 0 heterocycles. The number of halogens is 6. The summed E-state index contributed by atoms with van der Waals surface area (Å²) in [6, 6.07) is 4.49. The summed E-state index contributed by atoms with van der Waals surface area (Å²) >= 11 is 0. The minimum absolute atomic E-state index is 0.536. The third-order valence-corrected chi connectivity index (χ3v) is 2.08. The van der Waals surface area contributed by atoms with Crippen molar-refractivity contribution < 1.29 is 36.2 Å². The Balaban J connectivity index is 3.01. The SMILES string of the molecule is O=C(Nc1ccccc1O)C(C(F)(F)F)C(F)(F)F. The van der Waals surface area contributed by atoms with E-state index < -0.39 is 35.6 Å². The van der Waals surface area contributed by atoms with Gasteiger partial charge in [-0.2, -0.15) is 26.3 Å². The fourth-order valence-electron chi connectivity index (χ4n) is 1.27. The molecule has 3 nitrogen and oxygen atoms in total. The highest BCUT2D eigenvalue weighted by Gasteiger charge is 2.61. The van der Waals surface area contributed by atoms with Crippen molar-refractivity contribution in [3.8, 4) is 5.75 Å². The van der Waals surface area contributed by atoms with Gasteiger partial charge in [-0.1, -0.05) is 12.1 Å². The Morgan fingerprint density at radius 2 is 1.53 bits per heavy atom. The molecule has 0 radical (unpaired) electrons. The first-order valence-corrected chi connectivity index (χ1v) is 4.76. The van der Waals surface area contributed by atoms with Crippen LogP contribution >= 0.6 is 0 Å². The highest BCUT2D eigenvalue weighted by atomic mass is 19.4. The number of hydrogen-bond donors (Lipinski definition) is 2. The quantitative estimate of drug-likeness (QED) is 0.648. The Bertz CT molecular complexity index is 454. The van der Waals surface area contributed by atoms with Crippen LogP contribution in [0.1, 0.15) is 0 Å². The van der Waals surface area contributed by atoms with Gasteiger partial charge in [0.25, 0.3) is 0 Å². The fourth-order valence-corrected chi connectivity index (χ4v) is 1.27. The topological polar surface area (TPSA) is 49.3 Å². The number of carbonyl (C=O) groups excluding carboxylic acids is 1. The zero-order valence-corrected chi connectivity index (χ0v) is 9.01. The number of alkyl halides is 6. The van der Waals surface area contributed by atoms with E-state index in [9.17, 15) is 31.1 Å². The van der Waals surface area contributed by atoms with E-state index in [2.05, 4.69) is 0 Å². The van der Waals surface area contributed by atoms with E-state index in [1.54, 1.807) is 0 Å². The first-order valence-electron chi connectivity index (χ1n) is 4.76. The Morgan fingerprint density at radius 3 is 1.95 bits per heavy atom. The van der Waals surface area contributed by atoms with E-state index in [-0.39, 0.29) is 0 Å². The first kappa shape index (κ1) is 15.1. The summed E-state index contributed by atoms with van der Waals surface area (Å²) in [5, 5.41) is 10.6. The lowest BCUT2D eigenvalue weighted by molar-refractivity contribution is -0.272. The van der Waals surface area contributed by atoms with Crippen LogP contribution < -0.4 is 5.32 Å². The molecule has 0 unspecified atom stereocenters. The van der Waals surface area contributed by atoms with Crippen LogP contribution in [0.5, 0.6) is 5.75 Å². The molecule has 0 spiro atoms. The third-order valence-electron chi connectivity index (χ3n) is 2.08. The van der Waals surface area contributed by atoms with Gasteiger partial charge in [0.15, 0.2) is 0 Å². The molecule has 0 aromatic heterocycles. The molecule has 0 saturated carbocycles. The highest BCUT2D eigenvalue weighted by Crippen LogP contribution is 2.40. The number of nitrogens with one attached hydrogen (secondary N) is 1. The third kappa shape index (κ3) is 3.76. The summed E-state index contributed by atoms with van der Waals surface area (Å²) in [5.74, 6) is -7.10. The number of benzene rings is 1. The van der Waals surface area contributed by atoms with Gasteiger partial charge < -0.3 is 10.4 Å². The normalized spacial score (nSPS) is 12.6. The van der Waals surface area contributed by atoms with Crippen LogP contribution in [0.25, 0.3) is 0 Å². The van der Waals surface area contributed by atoms with Crippen molar-refractivity contribution >= 4 is 11.6 Å². The van der Waals surface area contributed by atoms with Gasteiger partial charge in [-0.15, -0.1) is 0 Å². The van der Waals surface area contributed by atoms with Gasteiger partial charge in [-0.3, -0.25) is 4.79 Å². The monoisotopic (exact) mass is 287 g/mol. The standard InChI is InChI=1S/C10H7F6NO2/c11-9(12,13)7(10(14,15)16)8(19)17-5-3-1-2-4-6(5)18/h1-4,7,18H,(H,17,19). The number of amides is 1. The van der Waals surface area contributed by atoms with Crippen molar-refractivity contribution in [3.63, 3.8) is 0 Å². The molecule has 0 aliphatic carbocycles. The molecule has 2 N–H and O–H groups in total. The van der Waals surface area contributed by atoms with Crippen LogP contribution in [0.15, 0.2) is 24.3 Å². The van der Waals surface area contributed by atoms with Gasteiger partial charge in [0, 0.05) is 0 Å². The van der Waals surface area contributed by atoms with E-state index in [1.807, 2.05) is 0 Å². The first-order chi connectivity index (χ1) is 8.53. The number of para-hydroxylation sites is 2. The van der Waals surface area contributed by atoms with E-state index >= 15 is 0 Å². The second-order valence-electron chi connectivity index (χ2n) is 3.52. The largest absolute Gasteiger partial charge is 0.506 e. The second-order valence-corrected chi connectivity index (χ2v) is 3.52. The Morgan fingerprint density at radius 1 is 1.05 bits per heavy atom. The number of hydrogen-bond acceptors (Lipinski definition) is 2. The number of carbonyl (C=O) groups is 1. The van der Waals surface area contributed by atoms with Crippen molar-refractivity contribution in [2.75, 3.05) is 5.32 Å². The van der Waals surface area contributed by atoms with Gasteiger partial charge >= 0.3 is 12.4 Å². The van der Waals surface area contributed by atoms with Crippen molar-refractivity contribution in [1.29, 1.82) is 0 Å². The number of phenolic OH excluding ortho intramolecular Hbond substituents is 1. The average Bonchev–Trinajstić information content (AvgIpc) is 2.16. The molecule has 19 heavy (non-hydrogen) atoms. The predicted molar refractivity (Wildman–Crippen MR) is 52.3 cm³/mol. The molecule has 0 aliphatic heterocycles. The lowest BCUT2D eigenvalue weighted by atomic mass is 10.1. The van der Waals surface area contributed by atoms with Crippen LogP contribution in [0.4, 0.5) is 32.0 Å². The van der Waals surface area contributed by atoms with Gasteiger partial charge in [-0.25, -0.2) is 0 Å². The maximum atomic E-state index is 12.2. The van der Waals surface area contributed by atoms with Gasteiger partial charge in [-0.05, 0) is 12.1 Å². The summed E-state index contributed by atoms with van der Waals surface area (Å²) in [6.45, 7) is 0. The van der Waals surface area contributed by atoms with Crippen molar-refractivity contribution in [2.45, 2.75) is 12.4 Å². The molecule has 1 rings (SSSR count). The Labute approximate surface area is 102 Å². The molecule has 0 fully saturated rings. The summed E-state index contributed by atoms with van der Waals surface area (Å²) in [4.78, 5) is 11.1. The zero-order valence-electron chi connectivity index (χ0n) is 9.01. The fraction of sp³-hybridized carbons (Fsp3) is 0.300. The highest BCUT2D eigenvalue weighted by molar-refractivity contribution is 5.94. The zero-order chi connectivity index (χ0) is 14.8. The Kier molecular flexibility index (Phi) is 3.97. The average molecular weight is 287 g/mol. The summed E-state index contributed by atoms with van der Waals surface area (Å²) in [5.41, 5.74) is -0.536. The molecule has 1 amide bonds. The lowest BCUT2D eigenvalue weighted by Gasteiger charge is -2.22. The van der Waals surface area contributed by atoms with Gasteiger partial charge in [0.1, 0.15) is 5.75 Å². The molecular weight excluding hydrogens is 280 g/mol. The maximum Gasteiger partial charge on any atom is 0.409 e. The summed E-state index contributed by atoms with van der Waals surface area (Å²) in [7, 11) is 0. The van der Waals surface area contributed by atoms with Crippen molar-refractivity contribution in [3.05, 3.63) is 24.3 Å². The maximum absolute atomic E-state index is 12.2. The second kappa shape index (κ2) is 4.98. The van der Waals surface area contributed by atoms with Crippen LogP contribution in [0.3, 0.4) is 0 Å². The molecule has 0 aliphatic rings. The van der Waals surface area contributed by atoms with E-state index in [0.29, 0.717) is 0 Å². The predicted octanol–water partition coefficient (Wildman–Crippen LogP) is 3.07. The summed E-state index contributed by atoms with van der Waals surface area (Å²) < 4.78 is 73.4. The minimum atomic E-state index is -5.77. The molecule has 106 valence electrons. The molecule has 9 heteroatoms. The number of rotatable bonds is 2. The van der Waals surface area contributed by atoms with Gasteiger partial charge in [0.2, 0.25) is 11.8 Å². The lowest BCUT2D eigenvalue weighted by Crippen LogP contribution is -2.45. The van der Waals surface area contributed by atoms with Crippen molar-refractivity contribution in [1.82, 2.24) is 0 Å². The number of aromatic hydroxyl groups is 1.